The molecule has 184 valence electrons. The van der Waals surface area contributed by atoms with Crippen LogP contribution in [0.1, 0.15) is 12.8 Å². The topological polar surface area (TPSA) is 105 Å². The van der Waals surface area contributed by atoms with Crippen molar-refractivity contribution in [2.75, 3.05) is 44.3 Å². The molecule has 0 bridgehead atoms. The van der Waals surface area contributed by atoms with Gasteiger partial charge in [0.1, 0.15) is 18.3 Å². The van der Waals surface area contributed by atoms with Gasteiger partial charge in [0, 0.05) is 29.8 Å². The van der Waals surface area contributed by atoms with Gasteiger partial charge in [-0.05, 0) is 44.1 Å². The molecule has 1 aromatic carbocycles. The zero-order valence-electron chi connectivity index (χ0n) is 19.2. The molecule has 0 aliphatic carbocycles. The molecule has 3 aromatic rings. The van der Waals surface area contributed by atoms with Gasteiger partial charge in [0.15, 0.2) is 11.8 Å². The molecule has 4 fully saturated rings. The Balaban J connectivity index is 1.07. The van der Waals surface area contributed by atoms with Gasteiger partial charge < -0.3 is 34.5 Å². The molecule has 3 N–H and O–H groups in total. The van der Waals surface area contributed by atoms with Gasteiger partial charge in [0.2, 0.25) is 0 Å². The normalized spacial score (nSPS) is 29.5. The number of piperidine rings is 1. The minimum absolute atomic E-state index is 0.255. The fraction of sp³-hybridized carbons (Fsp3) is 0.520. The number of imidazole rings is 1. The quantitative estimate of drug-likeness (QED) is 0.504. The molecule has 7 rings (SSSR count). The van der Waals surface area contributed by atoms with Crippen LogP contribution in [0, 0.1) is 5.41 Å². The summed E-state index contributed by atoms with van der Waals surface area (Å²) in [5.74, 6) is 0. The van der Waals surface area contributed by atoms with Gasteiger partial charge in [-0.2, -0.15) is 4.98 Å². The van der Waals surface area contributed by atoms with Crippen LogP contribution in [-0.2, 0) is 9.47 Å². The van der Waals surface area contributed by atoms with E-state index in [9.17, 15) is 5.11 Å². The number of aliphatic hydroxyl groups excluding tert-OH is 1. The molecular formula is C25H28ClN5O4. The average molecular weight is 498 g/mol. The van der Waals surface area contributed by atoms with Crippen LogP contribution in [0.3, 0.4) is 0 Å². The third-order valence-electron chi connectivity index (χ3n) is 7.87. The van der Waals surface area contributed by atoms with Gasteiger partial charge in [-0.3, -0.25) is 0 Å². The highest BCUT2D eigenvalue weighted by molar-refractivity contribution is 6.33. The number of pyridine rings is 1. The Morgan fingerprint density at radius 2 is 1.83 bits per heavy atom. The summed E-state index contributed by atoms with van der Waals surface area (Å²) in [4.78, 5) is 14.8. The number of hydrogen-bond acceptors (Lipinski definition) is 8. The number of H-pyrrole nitrogens is 1. The number of fused-ring (bicyclic) bond motifs is 2. The Hall–Kier alpha value is -2.43. The second-order valence-electron chi connectivity index (χ2n) is 10.2. The fourth-order valence-corrected chi connectivity index (χ4v) is 6.15. The van der Waals surface area contributed by atoms with E-state index < -0.39 is 6.10 Å². The second kappa shape index (κ2) is 8.31. The van der Waals surface area contributed by atoms with Crippen LogP contribution in [0.4, 0.5) is 5.69 Å². The van der Waals surface area contributed by atoms with Crippen LogP contribution < -0.4 is 15.0 Å². The average Bonchev–Trinajstić information content (AvgIpc) is 3.54. The van der Waals surface area contributed by atoms with E-state index in [4.69, 9.17) is 30.8 Å². The maximum atomic E-state index is 9.93. The lowest BCUT2D eigenvalue weighted by Crippen LogP contribution is -2.60. The van der Waals surface area contributed by atoms with Crippen LogP contribution in [0.25, 0.3) is 22.4 Å². The number of aromatic amines is 1. The monoisotopic (exact) mass is 497 g/mol. The molecule has 0 unspecified atom stereocenters. The fourth-order valence-electron chi connectivity index (χ4n) is 5.89. The molecule has 0 radical (unpaired) electrons. The Morgan fingerprint density at radius 1 is 1.06 bits per heavy atom. The standard InChI is InChI=1S/C25H28ClN5O4/c26-16-9-17-23(30-24(28-17)35-19-11-34-21-18(32)10-33-22(19)21)29-20(16)14-1-3-15(4-2-14)31-12-25(13-31)5-7-27-8-6-25/h1-4,9,18-19,21-22,27,32H,5-8,10-13H2,(H,28,29,30)/t18-,19-,21-,22-/m1/s1. The lowest BCUT2D eigenvalue weighted by molar-refractivity contribution is 0.00706. The van der Waals surface area contributed by atoms with Crippen molar-refractivity contribution in [2.45, 2.75) is 37.3 Å². The number of halogens is 1. The Labute approximate surface area is 207 Å². The van der Waals surface area contributed by atoms with E-state index in [1.54, 1.807) is 0 Å². The van der Waals surface area contributed by atoms with Gasteiger partial charge in [0.25, 0.3) is 6.01 Å². The Bertz CT molecular complexity index is 1240. The lowest BCUT2D eigenvalue weighted by Gasteiger charge is -2.53. The number of hydrogen-bond donors (Lipinski definition) is 3. The molecule has 4 saturated heterocycles. The smallest absolute Gasteiger partial charge is 0.296 e. The number of rotatable bonds is 4. The van der Waals surface area contributed by atoms with E-state index in [0.29, 0.717) is 39.9 Å². The summed E-state index contributed by atoms with van der Waals surface area (Å²) in [5.41, 5.74) is 4.59. The third-order valence-corrected chi connectivity index (χ3v) is 8.16. The highest BCUT2D eigenvalue weighted by Crippen LogP contribution is 2.41. The predicted molar refractivity (Wildman–Crippen MR) is 131 cm³/mol. The summed E-state index contributed by atoms with van der Waals surface area (Å²) in [5, 5.41) is 13.9. The number of nitrogens with one attached hydrogen (secondary N) is 2. The Morgan fingerprint density at radius 3 is 2.63 bits per heavy atom. The zero-order chi connectivity index (χ0) is 23.6. The molecule has 1 spiro atoms. The molecule has 10 heteroatoms. The van der Waals surface area contributed by atoms with Crippen molar-refractivity contribution < 1.29 is 19.3 Å². The first-order chi connectivity index (χ1) is 17.1. The van der Waals surface area contributed by atoms with E-state index in [2.05, 4.69) is 44.5 Å². The highest BCUT2D eigenvalue weighted by Gasteiger charge is 2.48. The Kier molecular flexibility index (Phi) is 5.18. The molecule has 6 heterocycles. The third kappa shape index (κ3) is 3.77. The summed E-state index contributed by atoms with van der Waals surface area (Å²) in [6.45, 7) is 5.12. The molecule has 9 nitrogen and oxygen atoms in total. The van der Waals surface area contributed by atoms with Gasteiger partial charge in [0.05, 0.1) is 29.4 Å². The van der Waals surface area contributed by atoms with Crippen molar-refractivity contribution in [1.82, 2.24) is 20.3 Å². The summed E-state index contributed by atoms with van der Waals surface area (Å²) < 4.78 is 17.3. The first kappa shape index (κ1) is 21.8. The minimum Gasteiger partial charge on any atom is -0.456 e. The first-order valence-electron chi connectivity index (χ1n) is 12.3. The second-order valence-corrected chi connectivity index (χ2v) is 10.6. The van der Waals surface area contributed by atoms with Crippen LogP contribution in [-0.4, -0.2) is 83.9 Å². The molecular weight excluding hydrogens is 470 g/mol. The number of anilines is 1. The predicted octanol–water partition coefficient (Wildman–Crippen LogP) is 2.37. The van der Waals surface area contributed by atoms with Crippen molar-refractivity contribution in [2.24, 2.45) is 5.41 Å². The molecule has 4 atom stereocenters. The van der Waals surface area contributed by atoms with E-state index in [-0.39, 0.29) is 24.9 Å². The van der Waals surface area contributed by atoms with Gasteiger partial charge in [-0.1, -0.05) is 23.7 Å². The van der Waals surface area contributed by atoms with Gasteiger partial charge in [-0.15, -0.1) is 0 Å². The van der Waals surface area contributed by atoms with Crippen molar-refractivity contribution in [3.05, 3.63) is 35.4 Å². The molecule has 2 aromatic heterocycles. The molecule has 0 amide bonds. The molecule has 0 saturated carbocycles. The summed E-state index contributed by atoms with van der Waals surface area (Å²) in [6, 6.07) is 10.6. The van der Waals surface area contributed by atoms with Crippen molar-refractivity contribution >= 4 is 28.5 Å². The van der Waals surface area contributed by atoms with Gasteiger partial charge >= 0.3 is 0 Å². The van der Waals surface area contributed by atoms with E-state index in [1.807, 2.05) is 6.07 Å². The van der Waals surface area contributed by atoms with Crippen LogP contribution in [0.5, 0.6) is 6.01 Å². The zero-order valence-corrected chi connectivity index (χ0v) is 20.0. The lowest BCUT2D eigenvalue weighted by atomic mass is 9.72. The highest BCUT2D eigenvalue weighted by atomic mass is 35.5. The maximum Gasteiger partial charge on any atom is 0.296 e. The van der Waals surface area contributed by atoms with Crippen molar-refractivity contribution in [3.63, 3.8) is 0 Å². The van der Waals surface area contributed by atoms with Crippen molar-refractivity contribution in [1.29, 1.82) is 0 Å². The molecule has 4 aliphatic heterocycles. The maximum absolute atomic E-state index is 9.93. The SMILES string of the molecule is O[C@@H]1CO[C@H]2[C@@H]1OC[C@H]2Oc1nc2nc(-c3ccc(N4CC5(CCNCC5)C4)cc3)c(Cl)cc2[nH]1. The largest absolute Gasteiger partial charge is 0.456 e. The summed E-state index contributed by atoms with van der Waals surface area (Å²) >= 11 is 6.61. The van der Waals surface area contributed by atoms with E-state index in [1.165, 1.54) is 18.5 Å². The number of aromatic nitrogens is 3. The van der Waals surface area contributed by atoms with Crippen molar-refractivity contribution in [3.8, 4) is 17.3 Å². The number of ether oxygens (including phenoxy) is 3. The number of nitrogens with zero attached hydrogens (tertiary/aromatic N) is 3. The van der Waals surface area contributed by atoms with Crippen LogP contribution in [0.2, 0.25) is 5.02 Å². The summed E-state index contributed by atoms with van der Waals surface area (Å²) in [6.07, 6.45) is 0.907. The summed E-state index contributed by atoms with van der Waals surface area (Å²) in [7, 11) is 0. The first-order valence-corrected chi connectivity index (χ1v) is 12.7. The van der Waals surface area contributed by atoms with Crippen LogP contribution >= 0.6 is 11.6 Å². The van der Waals surface area contributed by atoms with E-state index >= 15 is 0 Å². The number of aliphatic hydroxyl groups is 1. The van der Waals surface area contributed by atoms with E-state index in [0.717, 1.165) is 31.7 Å². The van der Waals surface area contributed by atoms with Gasteiger partial charge in [-0.25, -0.2) is 4.98 Å². The minimum atomic E-state index is -0.620. The number of benzene rings is 1. The van der Waals surface area contributed by atoms with Crippen LogP contribution in [0.15, 0.2) is 30.3 Å². The molecule has 35 heavy (non-hydrogen) atoms. The molecule has 4 aliphatic rings.